The van der Waals surface area contributed by atoms with Gasteiger partial charge in [-0.25, -0.2) is 0 Å². The van der Waals surface area contributed by atoms with Gasteiger partial charge in [-0.2, -0.15) is 0 Å². The van der Waals surface area contributed by atoms with Crippen LogP contribution in [-0.4, -0.2) is 35.2 Å². The van der Waals surface area contributed by atoms with Crippen LogP contribution in [0, 0.1) is 0 Å². The fourth-order valence-electron chi connectivity index (χ4n) is 3.67. The smallest absolute Gasteiger partial charge is 0.0731 e. The lowest BCUT2D eigenvalue weighted by molar-refractivity contribution is -0.182. The predicted octanol–water partition coefficient (Wildman–Crippen LogP) is 3.33. The van der Waals surface area contributed by atoms with Gasteiger partial charge in [-0.15, -0.1) is 0 Å². The molecule has 5 rings (SSSR count). The number of rotatable bonds is 3. The third-order valence-corrected chi connectivity index (χ3v) is 4.68. The molecule has 2 bridgehead atoms. The quantitative estimate of drug-likeness (QED) is 0.863. The van der Waals surface area contributed by atoms with Crippen LogP contribution in [-0.2, 0) is 11.3 Å². The number of aromatic nitrogens is 1. The first kappa shape index (κ1) is 13.2. The van der Waals surface area contributed by atoms with Crippen LogP contribution < -0.4 is 0 Å². The molecule has 0 amide bonds. The van der Waals surface area contributed by atoms with Gasteiger partial charge in [0.15, 0.2) is 0 Å². The Labute approximate surface area is 125 Å². The molecule has 2 unspecified atom stereocenters. The maximum Gasteiger partial charge on any atom is 0.0731 e. The highest BCUT2D eigenvalue weighted by atomic mass is 16.5. The molecule has 2 atom stereocenters. The monoisotopic (exact) mass is 282 g/mol. The van der Waals surface area contributed by atoms with E-state index in [4.69, 9.17) is 9.72 Å². The van der Waals surface area contributed by atoms with E-state index in [1.165, 1.54) is 28.5 Å². The summed E-state index contributed by atoms with van der Waals surface area (Å²) in [5, 5.41) is 2.67. The van der Waals surface area contributed by atoms with Crippen molar-refractivity contribution in [3.63, 3.8) is 0 Å². The highest BCUT2D eigenvalue weighted by molar-refractivity contribution is 5.87. The Hall–Kier alpha value is -1.45. The molecule has 0 saturated carbocycles. The summed E-state index contributed by atoms with van der Waals surface area (Å²) in [6, 6.07) is 8.69. The van der Waals surface area contributed by atoms with E-state index < -0.39 is 0 Å². The highest BCUT2D eigenvalue weighted by Gasteiger charge is 2.38. The number of pyridine rings is 1. The molecule has 0 radical (unpaired) electrons. The van der Waals surface area contributed by atoms with Crippen molar-refractivity contribution >= 4 is 10.8 Å². The van der Waals surface area contributed by atoms with Crippen LogP contribution in [0.25, 0.3) is 10.8 Å². The molecule has 21 heavy (non-hydrogen) atoms. The van der Waals surface area contributed by atoms with E-state index in [0.29, 0.717) is 18.1 Å². The van der Waals surface area contributed by atoms with Gasteiger partial charge < -0.3 is 4.74 Å². The summed E-state index contributed by atoms with van der Waals surface area (Å²) < 4.78 is 5.72. The van der Waals surface area contributed by atoms with Crippen molar-refractivity contribution < 1.29 is 4.74 Å². The van der Waals surface area contributed by atoms with Crippen molar-refractivity contribution in [2.24, 2.45) is 0 Å². The first-order valence-corrected chi connectivity index (χ1v) is 7.95. The van der Waals surface area contributed by atoms with Gasteiger partial charge in [-0.1, -0.05) is 38.1 Å². The van der Waals surface area contributed by atoms with Crippen molar-refractivity contribution in [3.8, 4) is 0 Å². The van der Waals surface area contributed by atoms with Crippen molar-refractivity contribution in [2.75, 3.05) is 13.1 Å². The predicted molar refractivity (Wildman–Crippen MR) is 84.4 cm³/mol. The maximum absolute atomic E-state index is 5.72. The van der Waals surface area contributed by atoms with E-state index in [1.54, 1.807) is 0 Å². The zero-order valence-electron chi connectivity index (χ0n) is 12.7. The van der Waals surface area contributed by atoms with Gasteiger partial charge in [0.05, 0.1) is 17.9 Å². The Morgan fingerprint density at radius 2 is 1.86 bits per heavy atom. The van der Waals surface area contributed by atoms with Crippen LogP contribution in [0.3, 0.4) is 0 Å². The molecule has 110 valence electrons. The van der Waals surface area contributed by atoms with Crippen LogP contribution in [0.1, 0.15) is 37.4 Å². The Balaban J connectivity index is 1.67. The number of piperidine rings is 1. The van der Waals surface area contributed by atoms with Crippen molar-refractivity contribution in [2.45, 2.75) is 44.9 Å². The molecule has 0 aliphatic carbocycles. The maximum atomic E-state index is 5.72. The topological polar surface area (TPSA) is 25.4 Å². The summed E-state index contributed by atoms with van der Waals surface area (Å²) in [7, 11) is 0. The molecule has 0 N–H and O–H groups in total. The molecule has 0 spiro atoms. The first-order valence-electron chi connectivity index (χ1n) is 7.95. The van der Waals surface area contributed by atoms with Crippen LogP contribution in [0.4, 0.5) is 0 Å². The number of ether oxygens (including phenoxy) is 1. The van der Waals surface area contributed by atoms with Crippen LogP contribution >= 0.6 is 0 Å². The Morgan fingerprint density at radius 3 is 2.52 bits per heavy atom. The summed E-state index contributed by atoms with van der Waals surface area (Å²) in [5.74, 6) is 0.458. The van der Waals surface area contributed by atoms with E-state index in [2.05, 4.69) is 49.2 Å². The van der Waals surface area contributed by atoms with Gasteiger partial charge >= 0.3 is 0 Å². The standard InChI is InChI=1S/C18H22N2O/c1-12(2)18-17-6-4-3-5-16(17)13(8-19-18)9-20-10-14-7-15(11-20)21-14/h3-6,8,12,14-15H,7,9-11H2,1-2H3. The second-order valence-corrected chi connectivity index (χ2v) is 6.68. The third kappa shape index (κ3) is 2.34. The van der Waals surface area contributed by atoms with E-state index in [1.807, 2.05) is 0 Å². The molecule has 1 aromatic carbocycles. The number of fused-ring (bicyclic) bond motifs is 3. The van der Waals surface area contributed by atoms with Gasteiger partial charge in [-0.05, 0) is 16.9 Å². The van der Waals surface area contributed by atoms with Gasteiger partial charge in [0.25, 0.3) is 0 Å². The largest absolute Gasteiger partial charge is 0.372 e. The zero-order valence-corrected chi connectivity index (χ0v) is 12.7. The average Bonchev–Trinajstić information content (AvgIpc) is 2.46. The van der Waals surface area contributed by atoms with Crippen LogP contribution in [0.15, 0.2) is 30.5 Å². The number of hydrogen-bond donors (Lipinski definition) is 0. The van der Waals surface area contributed by atoms with E-state index in [-0.39, 0.29) is 0 Å². The second kappa shape index (κ2) is 5.08. The average molecular weight is 282 g/mol. The number of hydrogen-bond acceptors (Lipinski definition) is 3. The first-order chi connectivity index (χ1) is 10.2. The minimum absolute atomic E-state index is 0.458. The fourth-order valence-corrected chi connectivity index (χ4v) is 3.67. The van der Waals surface area contributed by atoms with E-state index >= 15 is 0 Å². The third-order valence-electron chi connectivity index (χ3n) is 4.68. The number of morpholine rings is 1. The van der Waals surface area contributed by atoms with Gasteiger partial charge in [0, 0.05) is 37.6 Å². The second-order valence-electron chi connectivity index (χ2n) is 6.68. The lowest BCUT2D eigenvalue weighted by Crippen LogP contribution is -2.56. The SMILES string of the molecule is CC(C)c1ncc(CN2CC3CC(C2)O3)c2ccccc12. The lowest BCUT2D eigenvalue weighted by atomic mass is 9.96. The number of benzene rings is 1. The molecule has 4 heterocycles. The molecular weight excluding hydrogens is 260 g/mol. The fraction of sp³-hybridized carbons (Fsp3) is 0.500. The van der Waals surface area contributed by atoms with Crippen molar-refractivity contribution in [3.05, 3.63) is 41.7 Å². The summed E-state index contributed by atoms with van der Waals surface area (Å²) in [6.07, 6.45) is 4.27. The van der Waals surface area contributed by atoms with E-state index in [0.717, 1.165) is 19.6 Å². The van der Waals surface area contributed by atoms with Crippen LogP contribution in [0.5, 0.6) is 0 Å². The summed E-state index contributed by atoms with van der Waals surface area (Å²) in [5.41, 5.74) is 2.55. The summed E-state index contributed by atoms with van der Waals surface area (Å²) in [4.78, 5) is 7.26. The molecule has 1 aromatic heterocycles. The number of nitrogens with zero attached hydrogens (tertiary/aromatic N) is 2. The minimum Gasteiger partial charge on any atom is -0.372 e. The molecular formula is C18H22N2O. The molecule has 3 nitrogen and oxygen atoms in total. The molecule has 3 heteroatoms. The van der Waals surface area contributed by atoms with Gasteiger partial charge in [-0.3, -0.25) is 9.88 Å². The van der Waals surface area contributed by atoms with Crippen LogP contribution in [0.2, 0.25) is 0 Å². The summed E-state index contributed by atoms with van der Waals surface area (Å²) in [6.45, 7) is 7.55. The molecule has 3 aliphatic rings. The summed E-state index contributed by atoms with van der Waals surface area (Å²) >= 11 is 0. The molecule has 3 saturated heterocycles. The lowest BCUT2D eigenvalue weighted by Gasteiger charge is -2.47. The Bertz CT molecular complexity index is 651. The molecule has 3 aliphatic heterocycles. The zero-order chi connectivity index (χ0) is 14.4. The Kier molecular flexibility index (Phi) is 3.20. The minimum atomic E-state index is 0.458. The normalized spacial score (nSPS) is 25.3. The van der Waals surface area contributed by atoms with Gasteiger partial charge in [0.1, 0.15) is 0 Å². The Morgan fingerprint density at radius 1 is 1.19 bits per heavy atom. The highest BCUT2D eigenvalue weighted by Crippen LogP contribution is 2.31. The van der Waals surface area contributed by atoms with E-state index in [9.17, 15) is 0 Å². The molecule has 2 aromatic rings. The van der Waals surface area contributed by atoms with Crippen molar-refractivity contribution in [1.29, 1.82) is 0 Å². The van der Waals surface area contributed by atoms with Crippen molar-refractivity contribution in [1.82, 2.24) is 9.88 Å². The van der Waals surface area contributed by atoms with Gasteiger partial charge in [0.2, 0.25) is 0 Å². The molecule has 3 fully saturated rings.